The maximum Gasteiger partial charge on any atom is 0.417 e. The van der Waals surface area contributed by atoms with Gasteiger partial charge in [0.2, 0.25) is 0 Å². The first kappa shape index (κ1) is 16.5. The number of rotatable bonds is 3. The minimum absolute atomic E-state index is 0.250. The van der Waals surface area contributed by atoms with Crippen LogP contribution in [0, 0.1) is 5.92 Å². The second kappa shape index (κ2) is 6.91. The van der Waals surface area contributed by atoms with E-state index in [9.17, 15) is 13.2 Å². The summed E-state index contributed by atoms with van der Waals surface area (Å²) in [5.41, 5.74) is -0.263. The van der Waals surface area contributed by atoms with Crippen molar-refractivity contribution in [3.05, 3.63) is 28.8 Å². The lowest BCUT2D eigenvalue weighted by atomic mass is 9.98. The summed E-state index contributed by atoms with van der Waals surface area (Å²) in [5.74, 6) is 0.757. The normalized spacial score (nSPS) is 23.7. The SMILES string of the molecule is CCC1CCCC(Nc2ccc(Cl)c(C(F)(F)F)c2)CC1. The Balaban J connectivity index is 2.06. The average Bonchev–Trinajstić information content (AvgIpc) is 2.65. The van der Waals surface area contributed by atoms with Crippen molar-refractivity contribution in [1.82, 2.24) is 0 Å². The highest BCUT2D eigenvalue weighted by molar-refractivity contribution is 6.31. The van der Waals surface area contributed by atoms with Crippen LogP contribution in [0.5, 0.6) is 0 Å². The van der Waals surface area contributed by atoms with Crippen LogP contribution < -0.4 is 5.32 Å². The molecular formula is C16H21ClF3N. The molecule has 0 aromatic heterocycles. The molecule has 1 aromatic carbocycles. The first-order chi connectivity index (χ1) is 9.90. The van der Waals surface area contributed by atoms with Crippen LogP contribution in [0.1, 0.15) is 51.0 Å². The number of hydrogen-bond acceptors (Lipinski definition) is 1. The molecule has 1 fully saturated rings. The van der Waals surface area contributed by atoms with E-state index in [1.54, 1.807) is 6.07 Å². The first-order valence-electron chi connectivity index (χ1n) is 7.53. The zero-order valence-electron chi connectivity index (χ0n) is 12.1. The highest BCUT2D eigenvalue weighted by Crippen LogP contribution is 2.36. The summed E-state index contributed by atoms with van der Waals surface area (Å²) in [7, 11) is 0. The molecule has 2 atom stereocenters. The van der Waals surface area contributed by atoms with Crippen molar-refractivity contribution in [1.29, 1.82) is 0 Å². The van der Waals surface area contributed by atoms with Gasteiger partial charge in [-0.1, -0.05) is 37.8 Å². The Morgan fingerprint density at radius 1 is 1.19 bits per heavy atom. The van der Waals surface area contributed by atoms with Crippen molar-refractivity contribution in [2.75, 3.05) is 5.32 Å². The number of anilines is 1. The van der Waals surface area contributed by atoms with E-state index in [1.807, 2.05) is 0 Å². The predicted octanol–water partition coefficient (Wildman–Crippen LogP) is 6.13. The van der Waals surface area contributed by atoms with Gasteiger partial charge in [0.15, 0.2) is 0 Å². The third-order valence-electron chi connectivity index (χ3n) is 4.31. The minimum atomic E-state index is -4.41. The number of nitrogens with one attached hydrogen (secondary N) is 1. The molecule has 0 bridgehead atoms. The molecule has 1 N–H and O–H groups in total. The van der Waals surface area contributed by atoms with Gasteiger partial charge >= 0.3 is 6.18 Å². The zero-order chi connectivity index (χ0) is 15.5. The summed E-state index contributed by atoms with van der Waals surface area (Å²) in [4.78, 5) is 0. The van der Waals surface area contributed by atoms with Gasteiger partial charge < -0.3 is 5.32 Å². The molecule has 0 radical (unpaired) electrons. The second-order valence-corrected chi connectivity index (χ2v) is 6.22. The van der Waals surface area contributed by atoms with Gasteiger partial charge in [-0.2, -0.15) is 13.2 Å². The summed E-state index contributed by atoms with van der Waals surface area (Å²) in [5, 5.41) is 3.00. The number of alkyl halides is 3. The molecular weight excluding hydrogens is 299 g/mol. The molecule has 0 amide bonds. The van der Waals surface area contributed by atoms with Gasteiger partial charge in [0, 0.05) is 11.7 Å². The zero-order valence-corrected chi connectivity index (χ0v) is 12.9. The Kier molecular flexibility index (Phi) is 5.42. The summed E-state index contributed by atoms with van der Waals surface area (Å²) in [6.45, 7) is 2.20. The van der Waals surface area contributed by atoms with Gasteiger partial charge in [-0.25, -0.2) is 0 Å². The van der Waals surface area contributed by atoms with Crippen LogP contribution in [0.25, 0.3) is 0 Å². The van der Waals surface area contributed by atoms with Crippen molar-refractivity contribution >= 4 is 17.3 Å². The van der Waals surface area contributed by atoms with Crippen molar-refractivity contribution < 1.29 is 13.2 Å². The molecule has 1 aliphatic carbocycles. The van der Waals surface area contributed by atoms with Crippen LogP contribution in [-0.2, 0) is 6.18 Å². The van der Waals surface area contributed by atoms with Gasteiger partial charge in [0.05, 0.1) is 10.6 Å². The van der Waals surface area contributed by atoms with E-state index >= 15 is 0 Å². The topological polar surface area (TPSA) is 12.0 Å². The van der Waals surface area contributed by atoms with Crippen molar-refractivity contribution in [3.63, 3.8) is 0 Å². The first-order valence-corrected chi connectivity index (χ1v) is 7.91. The highest BCUT2D eigenvalue weighted by Gasteiger charge is 2.33. The molecule has 0 spiro atoms. The lowest BCUT2D eigenvalue weighted by Crippen LogP contribution is -2.19. The van der Waals surface area contributed by atoms with E-state index < -0.39 is 11.7 Å². The molecule has 1 aromatic rings. The molecule has 0 saturated heterocycles. The van der Waals surface area contributed by atoms with Crippen molar-refractivity contribution in [3.8, 4) is 0 Å². The van der Waals surface area contributed by atoms with E-state index in [-0.39, 0.29) is 11.1 Å². The fraction of sp³-hybridized carbons (Fsp3) is 0.625. The fourth-order valence-corrected chi connectivity index (χ4v) is 3.22. The van der Waals surface area contributed by atoms with E-state index in [2.05, 4.69) is 12.2 Å². The Morgan fingerprint density at radius 2 is 1.95 bits per heavy atom. The number of halogens is 4. The van der Waals surface area contributed by atoms with Crippen LogP contribution in [0.3, 0.4) is 0 Å². The van der Waals surface area contributed by atoms with Gasteiger partial charge in [-0.3, -0.25) is 0 Å². The molecule has 1 nitrogen and oxygen atoms in total. The van der Waals surface area contributed by atoms with Crippen LogP contribution >= 0.6 is 11.6 Å². The molecule has 118 valence electrons. The average molecular weight is 320 g/mol. The monoisotopic (exact) mass is 319 g/mol. The van der Waals surface area contributed by atoms with Crippen LogP contribution in [0.15, 0.2) is 18.2 Å². The van der Waals surface area contributed by atoms with Crippen LogP contribution in [0.2, 0.25) is 5.02 Å². The summed E-state index contributed by atoms with van der Waals surface area (Å²) in [6.07, 6.45) is 2.31. The van der Waals surface area contributed by atoms with Crippen LogP contribution in [-0.4, -0.2) is 6.04 Å². The van der Waals surface area contributed by atoms with Crippen LogP contribution in [0.4, 0.5) is 18.9 Å². The Hall–Kier alpha value is -0.900. The van der Waals surface area contributed by atoms with Crippen molar-refractivity contribution in [2.24, 2.45) is 5.92 Å². The minimum Gasteiger partial charge on any atom is -0.382 e. The molecule has 1 aliphatic rings. The summed E-state index contributed by atoms with van der Waals surface area (Å²) in [6, 6.07) is 4.31. The maximum absolute atomic E-state index is 12.9. The molecule has 0 heterocycles. The van der Waals surface area contributed by atoms with E-state index in [0.717, 1.165) is 37.7 Å². The fourth-order valence-electron chi connectivity index (χ4n) is 3.00. The van der Waals surface area contributed by atoms with Gasteiger partial charge in [0.25, 0.3) is 0 Å². The van der Waals surface area contributed by atoms with Crippen molar-refractivity contribution in [2.45, 2.75) is 57.7 Å². The number of benzene rings is 1. The predicted molar refractivity (Wildman–Crippen MR) is 80.7 cm³/mol. The third-order valence-corrected chi connectivity index (χ3v) is 4.64. The highest BCUT2D eigenvalue weighted by atomic mass is 35.5. The van der Waals surface area contributed by atoms with Gasteiger partial charge in [-0.15, -0.1) is 0 Å². The summed E-state index contributed by atoms with van der Waals surface area (Å²) < 4.78 is 38.6. The van der Waals surface area contributed by atoms with E-state index in [0.29, 0.717) is 5.69 Å². The third kappa shape index (κ3) is 4.53. The number of hydrogen-bond donors (Lipinski definition) is 1. The van der Waals surface area contributed by atoms with Gasteiger partial charge in [-0.05, 0) is 43.4 Å². The lowest BCUT2D eigenvalue weighted by Gasteiger charge is -2.19. The molecule has 2 unspecified atom stereocenters. The molecule has 1 saturated carbocycles. The van der Waals surface area contributed by atoms with E-state index in [4.69, 9.17) is 11.6 Å². The standard InChI is InChI=1S/C16H21ClF3N/c1-2-11-4-3-5-12(7-6-11)21-13-8-9-15(17)14(10-13)16(18,19)20/h8-12,21H,2-7H2,1H3. The summed E-state index contributed by atoms with van der Waals surface area (Å²) >= 11 is 5.64. The molecule has 21 heavy (non-hydrogen) atoms. The smallest absolute Gasteiger partial charge is 0.382 e. The quantitative estimate of drug-likeness (QED) is 0.661. The lowest BCUT2D eigenvalue weighted by molar-refractivity contribution is -0.137. The second-order valence-electron chi connectivity index (χ2n) is 5.82. The van der Waals surface area contributed by atoms with E-state index in [1.165, 1.54) is 18.9 Å². The Labute approximate surface area is 128 Å². The largest absolute Gasteiger partial charge is 0.417 e. The molecule has 2 rings (SSSR count). The molecule has 5 heteroatoms. The molecule has 0 aliphatic heterocycles. The Morgan fingerprint density at radius 3 is 2.62 bits per heavy atom. The maximum atomic E-state index is 12.9. The van der Waals surface area contributed by atoms with Gasteiger partial charge in [0.1, 0.15) is 0 Å². The Bertz CT molecular complexity index is 473.